The molecule has 21 heavy (non-hydrogen) atoms. The van der Waals surface area contributed by atoms with Crippen molar-refractivity contribution in [3.05, 3.63) is 34.2 Å². The van der Waals surface area contributed by atoms with Gasteiger partial charge in [-0.25, -0.2) is 4.79 Å². The highest BCUT2D eigenvalue weighted by Crippen LogP contribution is 2.11. The van der Waals surface area contributed by atoms with Gasteiger partial charge >= 0.3 is 5.97 Å². The summed E-state index contributed by atoms with van der Waals surface area (Å²) in [5, 5.41) is 11.6. The van der Waals surface area contributed by atoms with Crippen molar-refractivity contribution in [1.29, 1.82) is 0 Å². The highest BCUT2D eigenvalue weighted by atomic mass is 16.4. The van der Waals surface area contributed by atoms with Gasteiger partial charge in [0.1, 0.15) is 12.1 Å². The molecule has 2 atom stereocenters. The van der Waals surface area contributed by atoms with E-state index in [1.54, 1.807) is 46.0 Å². The molecule has 0 aromatic carbocycles. The number of aliphatic carboxylic acids is 1. The molecule has 0 aliphatic heterocycles. The molecule has 1 heterocycles. The van der Waals surface area contributed by atoms with E-state index in [0.29, 0.717) is 12.0 Å². The third-order valence-corrected chi connectivity index (χ3v) is 3.42. The Bertz CT molecular complexity index is 577. The molecule has 0 fully saturated rings. The Labute approximate surface area is 123 Å². The average molecular weight is 294 g/mol. The zero-order chi connectivity index (χ0) is 16.2. The van der Waals surface area contributed by atoms with E-state index in [1.807, 2.05) is 0 Å². The van der Waals surface area contributed by atoms with Crippen molar-refractivity contribution in [3.63, 3.8) is 0 Å². The van der Waals surface area contributed by atoms with Crippen LogP contribution in [-0.2, 0) is 9.59 Å². The van der Waals surface area contributed by atoms with Gasteiger partial charge in [-0.05, 0) is 25.3 Å². The first-order valence-corrected chi connectivity index (χ1v) is 7.00. The highest BCUT2D eigenvalue weighted by molar-refractivity contribution is 5.86. The summed E-state index contributed by atoms with van der Waals surface area (Å²) < 4.78 is 1.35. The zero-order valence-electron chi connectivity index (χ0n) is 12.8. The molecule has 0 aliphatic rings. The lowest BCUT2D eigenvalue weighted by atomic mass is 10.0. The fourth-order valence-electron chi connectivity index (χ4n) is 2.14. The van der Waals surface area contributed by atoms with Gasteiger partial charge in [-0.2, -0.15) is 0 Å². The van der Waals surface area contributed by atoms with E-state index in [0.717, 1.165) is 0 Å². The quantitative estimate of drug-likeness (QED) is 0.828. The van der Waals surface area contributed by atoms with E-state index in [9.17, 15) is 14.4 Å². The van der Waals surface area contributed by atoms with E-state index in [-0.39, 0.29) is 11.5 Å². The number of hydrogen-bond donors (Lipinski definition) is 2. The van der Waals surface area contributed by atoms with Gasteiger partial charge in [0.25, 0.3) is 5.56 Å². The normalized spacial score (nSPS) is 13.8. The lowest BCUT2D eigenvalue weighted by molar-refractivity contribution is -0.143. The number of carboxylic acids is 1. The number of carbonyl (C=O) groups is 2. The predicted octanol–water partition coefficient (Wildman–Crippen LogP) is 1.33. The van der Waals surface area contributed by atoms with E-state index in [4.69, 9.17) is 5.11 Å². The van der Waals surface area contributed by atoms with Gasteiger partial charge < -0.3 is 15.0 Å². The minimum Gasteiger partial charge on any atom is -0.480 e. The van der Waals surface area contributed by atoms with Crippen LogP contribution in [0, 0.1) is 12.8 Å². The van der Waals surface area contributed by atoms with E-state index in [1.165, 1.54) is 4.57 Å². The van der Waals surface area contributed by atoms with Gasteiger partial charge in [0, 0.05) is 11.8 Å². The minimum atomic E-state index is -1.08. The van der Waals surface area contributed by atoms with E-state index >= 15 is 0 Å². The number of nitrogens with zero attached hydrogens (tertiary/aromatic N) is 1. The summed E-state index contributed by atoms with van der Waals surface area (Å²) >= 11 is 0. The molecule has 6 nitrogen and oxygen atoms in total. The number of hydrogen-bond acceptors (Lipinski definition) is 3. The van der Waals surface area contributed by atoms with Gasteiger partial charge in [-0.15, -0.1) is 0 Å². The summed E-state index contributed by atoms with van der Waals surface area (Å²) in [5.41, 5.74) is 0.304. The number of amides is 1. The summed E-state index contributed by atoms with van der Waals surface area (Å²) in [6, 6.07) is 1.70. The molecule has 0 bridgehead atoms. The van der Waals surface area contributed by atoms with Crippen LogP contribution in [0.15, 0.2) is 23.1 Å². The fourth-order valence-corrected chi connectivity index (χ4v) is 2.14. The maximum atomic E-state index is 12.3. The predicted molar refractivity (Wildman–Crippen MR) is 79.2 cm³/mol. The number of aromatic nitrogens is 1. The van der Waals surface area contributed by atoms with E-state index in [2.05, 4.69) is 5.32 Å². The van der Waals surface area contributed by atoms with Crippen LogP contribution in [0.1, 0.15) is 38.8 Å². The molecular formula is C15H22N2O4. The topological polar surface area (TPSA) is 88.4 Å². The molecule has 0 radical (unpaired) electrons. The number of rotatable bonds is 6. The van der Waals surface area contributed by atoms with Gasteiger partial charge in [0.2, 0.25) is 5.91 Å². The number of carboxylic acid groups (broad SMARTS) is 1. The lowest BCUT2D eigenvalue weighted by Crippen LogP contribution is -2.48. The maximum Gasteiger partial charge on any atom is 0.326 e. The number of nitrogens with one attached hydrogen (secondary N) is 1. The largest absolute Gasteiger partial charge is 0.480 e. The Morgan fingerprint density at radius 2 is 2.00 bits per heavy atom. The van der Waals surface area contributed by atoms with Crippen molar-refractivity contribution >= 4 is 11.9 Å². The Balaban J connectivity index is 3.05. The Kier molecular flexibility index (Phi) is 5.69. The second-order valence-corrected chi connectivity index (χ2v) is 5.40. The molecule has 0 aliphatic carbocycles. The van der Waals surface area contributed by atoms with Crippen LogP contribution in [0.2, 0.25) is 0 Å². The SMILES string of the molecule is CCC(C(=O)NC(C(=O)O)C(C)C)n1cccc(C)c1=O. The van der Waals surface area contributed by atoms with Crippen molar-refractivity contribution < 1.29 is 14.7 Å². The fraction of sp³-hybridized carbons (Fsp3) is 0.533. The molecule has 1 aromatic rings. The van der Waals surface area contributed by atoms with Crippen LogP contribution >= 0.6 is 0 Å². The standard InChI is InChI=1S/C15H22N2O4/c1-5-11(17-8-6-7-10(4)14(17)19)13(18)16-12(9(2)3)15(20)21/h6-9,11-12H,5H2,1-4H3,(H,16,18)(H,20,21). The molecule has 0 spiro atoms. The summed E-state index contributed by atoms with van der Waals surface area (Å²) in [7, 11) is 0. The van der Waals surface area contributed by atoms with Gasteiger partial charge in [-0.1, -0.05) is 26.8 Å². The third-order valence-electron chi connectivity index (χ3n) is 3.42. The second kappa shape index (κ2) is 7.06. The summed E-state index contributed by atoms with van der Waals surface area (Å²) in [5.74, 6) is -1.77. The molecule has 116 valence electrons. The number of pyridine rings is 1. The van der Waals surface area contributed by atoms with Crippen molar-refractivity contribution in [2.75, 3.05) is 0 Å². The highest BCUT2D eigenvalue weighted by Gasteiger charge is 2.27. The molecule has 2 N–H and O–H groups in total. The third kappa shape index (κ3) is 3.93. The molecular weight excluding hydrogens is 272 g/mol. The van der Waals surface area contributed by atoms with E-state index < -0.39 is 24.0 Å². The van der Waals surface area contributed by atoms with Crippen LogP contribution < -0.4 is 10.9 Å². The van der Waals surface area contributed by atoms with Crippen LogP contribution in [-0.4, -0.2) is 27.6 Å². The molecule has 2 unspecified atom stereocenters. The zero-order valence-corrected chi connectivity index (χ0v) is 12.8. The van der Waals surface area contributed by atoms with Crippen LogP contribution in [0.4, 0.5) is 0 Å². The van der Waals surface area contributed by atoms with Crippen LogP contribution in [0.3, 0.4) is 0 Å². The van der Waals surface area contributed by atoms with Crippen molar-refractivity contribution in [2.24, 2.45) is 5.92 Å². The first kappa shape index (κ1) is 16.9. The second-order valence-electron chi connectivity index (χ2n) is 5.40. The van der Waals surface area contributed by atoms with Crippen molar-refractivity contribution in [3.8, 4) is 0 Å². The summed E-state index contributed by atoms with van der Waals surface area (Å²) in [6.07, 6.45) is 1.95. The van der Waals surface area contributed by atoms with Gasteiger partial charge in [-0.3, -0.25) is 9.59 Å². The van der Waals surface area contributed by atoms with Crippen LogP contribution in [0.5, 0.6) is 0 Å². The first-order chi connectivity index (χ1) is 9.79. The molecule has 1 aromatic heterocycles. The van der Waals surface area contributed by atoms with Crippen molar-refractivity contribution in [2.45, 2.75) is 46.2 Å². The Morgan fingerprint density at radius 1 is 1.38 bits per heavy atom. The van der Waals surface area contributed by atoms with Gasteiger partial charge in [0.05, 0.1) is 0 Å². The Morgan fingerprint density at radius 3 is 2.48 bits per heavy atom. The molecule has 0 saturated heterocycles. The molecule has 1 rings (SSSR count). The lowest BCUT2D eigenvalue weighted by Gasteiger charge is -2.23. The molecule has 0 saturated carbocycles. The molecule has 6 heteroatoms. The number of aryl methyl sites for hydroxylation is 1. The Hall–Kier alpha value is -2.11. The summed E-state index contributed by atoms with van der Waals surface area (Å²) in [4.78, 5) is 35.6. The van der Waals surface area contributed by atoms with Crippen molar-refractivity contribution in [1.82, 2.24) is 9.88 Å². The monoisotopic (exact) mass is 294 g/mol. The van der Waals surface area contributed by atoms with Crippen LogP contribution in [0.25, 0.3) is 0 Å². The maximum absolute atomic E-state index is 12.3. The first-order valence-electron chi connectivity index (χ1n) is 7.00. The minimum absolute atomic E-state index is 0.238. The van der Waals surface area contributed by atoms with Gasteiger partial charge in [0.15, 0.2) is 0 Å². The smallest absolute Gasteiger partial charge is 0.326 e. The number of carbonyl (C=O) groups excluding carboxylic acids is 1. The average Bonchev–Trinajstić information content (AvgIpc) is 2.40. The summed E-state index contributed by atoms with van der Waals surface area (Å²) in [6.45, 7) is 6.90. The molecule has 1 amide bonds.